The van der Waals surface area contributed by atoms with Crippen LogP contribution in [-0.2, 0) is 10.0 Å². The van der Waals surface area contributed by atoms with E-state index >= 15 is 0 Å². The van der Waals surface area contributed by atoms with E-state index in [-0.39, 0.29) is 18.9 Å². The van der Waals surface area contributed by atoms with Gasteiger partial charge < -0.3 is 4.72 Å². The van der Waals surface area contributed by atoms with Crippen molar-refractivity contribution in [1.29, 1.82) is 0 Å². The number of benzene rings is 1. The molecule has 0 radical (unpaired) electrons. The Bertz CT molecular complexity index is 868. The van der Waals surface area contributed by atoms with Gasteiger partial charge in [0.25, 0.3) is 0 Å². The summed E-state index contributed by atoms with van der Waals surface area (Å²) in [5, 5.41) is -7.51. The summed E-state index contributed by atoms with van der Waals surface area (Å²) in [5.41, 5.74) is -3.05. The molecule has 19 heteroatoms. The molecule has 0 heterocycles. The minimum atomic E-state index is -7.81. The average Bonchev–Trinajstić information content (AvgIpc) is 2.53. The quantitative estimate of drug-likeness (QED) is 0.286. The zero-order chi connectivity index (χ0) is 22.7. The molecule has 162 valence electrons. The van der Waals surface area contributed by atoms with Crippen molar-refractivity contribution < 1.29 is 88.7 Å². The number of rotatable bonds is 5. The standard InChI is InChI=1S/C10F14NO2S.Li/c11-1-2(12)4(14)6(5(15)3(1)13)25-28(26,27)10(23,24)8(18,19)7(16,17)9(20,21)22;/q-1;+1. The van der Waals surface area contributed by atoms with Gasteiger partial charge in [0.05, 0.1) is 0 Å². The molecule has 3 nitrogen and oxygen atoms in total. The predicted octanol–water partition coefficient (Wildman–Crippen LogP) is 2.15. The van der Waals surface area contributed by atoms with E-state index in [2.05, 4.69) is 0 Å². The van der Waals surface area contributed by atoms with Gasteiger partial charge in [0.2, 0.25) is 0 Å². The molecule has 0 aliphatic rings. The van der Waals surface area contributed by atoms with Gasteiger partial charge in [-0.2, -0.15) is 39.5 Å². The van der Waals surface area contributed by atoms with Crippen LogP contribution in [0.25, 0.3) is 4.72 Å². The van der Waals surface area contributed by atoms with E-state index in [1.165, 1.54) is 0 Å². The molecule has 0 unspecified atom stereocenters. The largest absolute Gasteiger partial charge is 1.00 e. The van der Waals surface area contributed by atoms with Crippen molar-refractivity contribution >= 4 is 15.7 Å². The molecule has 0 saturated heterocycles. The van der Waals surface area contributed by atoms with Crippen LogP contribution >= 0.6 is 0 Å². The van der Waals surface area contributed by atoms with Crippen molar-refractivity contribution in [2.75, 3.05) is 0 Å². The monoisotopic (exact) mass is 471 g/mol. The molecule has 0 amide bonds. The van der Waals surface area contributed by atoms with E-state index in [1.807, 2.05) is 0 Å². The summed E-state index contributed by atoms with van der Waals surface area (Å²) in [6.45, 7) is 0. The molecule has 0 fully saturated rings. The van der Waals surface area contributed by atoms with Crippen molar-refractivity contribution in [3.63, 3.8) is 0 Å². The van der Waals surface area contributed by atoms with Crippen LogP contribution in [0.3, 0.4) is 0 Å². The van der Waals surface area contributed by atoms with E-state index in [0.717, 1.165) is 4.72 Å². The molecule has 0 N–H and O–H groups in total. The molecule has 1 aromatic rings. The Morgan fingerprint density at radius 1 is 0.586 bits per heavy atom. The first-order valence-electron chi connectivity index (χ1n) is 5.84. The van der Waals surface area contributed by atoms with Gasteiger partial charge >= 0.3 is 42.1 Å². The minimum Gasteiger partial charge on any atom is -0.567 e. The first-order valence-corrected chi connectivity index (χ1v) is 7.28. The van der Waals surface area contributed by atoms with Crippen molar-refractivity contribution in [3.8, 4) is 0 Å². The third-order valence-electron chi connectivity index (χ3n) is 2.84. The number of nitrogens with zero attached hydrogens (tertiary/aromatic N) is 1. The molecule has 1 rings (SSSR count). The fourth-order valence-electron chi connectivity index (χ4n) is 1.37. The maximum absolute atomic E-state index is 13.3. The van der Waals surface area contributed by atoms with Gasteiger partial charge in [0.15, 0.2) is 39.1 Å². The van der Waals surface area contributed by atoms with E-state index in [1.54, 1.807) is 0 Å². The van der Waals surface area contributed by atoms with Crippen molar-refractivity contribution in [1.82, 2.24) is 0 Å². The van der Waals surface area contributed by atoms with Crippen LogP contribution in [0.2, 0.25) is 0 Å². The number of hydrogen-bond donors (Lipinski definition) is 0. The van der Waals surface area contributed by atoms with Crippen LogP contribution in [0.15, 0.2) is 0 Å². The number of sulfonamides is 1. The zero-order valence-corrected chi connectivity index (χ0v) is 13.8. The van der Waals surface area contributed by atoms with Gasteiger partial charge in [0, 0.05) is 0 Å². The minimum absolute atomic E-state index is 0. The molecule has 0 spiro atoms. The van der Waals surface area contributed by atoms with Gasteiger partial charge in [-0.15, -0.1) is 0 Å². The third kappa shape index (κ3) is 3.98. The van der Waals surface area contributed by atoms with Crippen LogP contribution in [0, 0.1) is 29.1 Å². The molecule has 0 saturated carbocycles. The first kappa shape index (κ1) is 27.6. The Hall–Kier alpha value is -1.41. The van der Waals surface area contributed by atoms with Crippen molar-refractivity contribution in [3.05, 3.63) is 33.8 Å². The van der Waals surface area contributed by atoms with Crippen LogP contribution in [0.1, 0.15) is 0 Å². The predicted molar refractivity (Wildman–Crippen MR) is 59.1 cm³/mol. The second-order valence-corrected chi connectivity index (χ2v) is 6.29. The van der Waals surface area contributed by atoms with Crippen LogP contribution in [-0.4, -0.2) is 31.7 Å². The summed E-state index contributed by atoms with van der Waals surface area (Å²) in [4.78, 5) is 0. The number of alkyl halides is 9. The third-order valence-corrected chi connectivity index (χ3v) is 4.17. The summed E-state index contributed by atoms with van der Waals surface area (Å²) < 4.78 is 202. The van der Waals surface area contributed by atoms with E-state index in [4.69, 9.17) is 0 Å². The summed E-state index contributed by atoms with van der Waals surface area (Å²) in [5.74, 6) is -31.1. The van der Waals surface area contributed by atoms with Gasteiger partial charge in [-0.3, -0.25) is 0 Å². The van der Waals surface area contributed by atoms with Gasteiger partial charge in [0.1, 0.15) is 0 Å². The first-order chi connectivity index (χ1) is 12.1. The summed E-state index contributed by atoms with van der Waals surface area (Å²) in [6, 6.07) is 0. The zero-order valence-electron chi connectivity index (χ0n) is 13.0. The normalized spacial score (nSPS) is 13.9. The Balaban J connectivity index is 0.00000784. The number of halogens is 14. The van der Waals surface area contributed by atoms with Gasteiger partial charge in [-0.25, -0.2) is 30.4 Å². The summed E-state index contributed by atoms with van der Waals surface area (Å²) >= 11 is 0. The number of hydrogen-bond acceptors (Lipinski definition) is 2. The summed E-state index contributed by atoms with van der Waals surface area (Å²) in [6.07, 6.45) is -7.44. The van der Waals surface area contributed by atoms with Crippen molar-refractivity contribution in [2.45, 2.75) is 23.3 Å². The summed E-state index contributed by atoms with van der Waals surface area (Å²) in [7, 11) is -7.78. The SMILES string of the molecule is O=S(=O)([N-]c1c(F)c(F)c(F)c(F)c1F)C(F)(F)C(F)(F)C(F)(F)C(F)(F)F.[Li+]. The molecule has 0 aliphatic carbocycles. The Morgan fingerprint density at radius 3 is 1.21 bits per heavy atom. The van der Waals surface area contributed by atoms with Gasteiger partial charge in [-0.05, 0) is 5.69 Å². The topological polar surface area (TPSA) is 48.2 Å². The second-order valence-electron chi connectivity index (χ2n) is 4.65. The fourth-order valence-corrected chi connectivity index (χ4v) is 2.34. The maximum atomic E-state index is 13.3. The van der Waals surface area contributed by atoms with E-state index < -0.39 is 68.1 Å². The Morgan fingerprint density at radius 2 is 0.897 bits per heavy atom. The Kier molecular flexibility index (Phi) is 7.31. The fraction of sp³-hybridized carbons (Fsp3) is 0.400. The molecule has 0 atom stereocenters. The molecule has 0 aromatic heterocycles. The molecular formula is C10F14LiNO2S. The van der Waals surface area contributed by atoms with Crippen LogP contribution < -0.4 is 18.9 Å². The smallest absolute Gasteiger partial charge is 0.567 e. The molecule has 1 aromatic carbocycles. The maximum Gasteiger partial charge on any atom is 1.00 e. The van der Waals surface area contributed by atoms with E-state index in [9.17, 15) is 69.9 Å². The Labute approximate surface area is 162 Å². The molecule has 0 bridgehead atoms. The molecule has 29 heavy (non-hydrogen) atoms. The van der Waals surface area contributed by atoms with Crippen LogP contribution in [0.4, 0.5) is 67.2 Å². The molecule has 0 aliphatic heterocycles. The average molecular weight is 471 g/mol. The second kappa shape index (κ2) is 7.69. The van der Waals surface area contributed by atoms with Gasteiger partial charge in [-0.1, -0.05) is 0 Å². The van der Waals surface area contributed by atoms with E-state index in [0.29, 0.717) is 0 Å². The van der Waals surface area contributed by atoms with Crippen molar-refractivity contribution in [2.24, 2.45) is 0 Å². The van der Waals surface area contributed by atoms with Crippen LogP contribution in [0.5, 0.6) is 0 Å². The molecular weight excluding hydrogens is 471 g/mol.